The number of rotatable bonds is 5. The largest absolute Gasteiger partial charge is 0.399 e. The molecule has 1 amide bonds. The molecule has 5 N–H and O–H groups in total. The lowest BCUT2D eigenvalue weighted by Gasteiger charge is -2.18. The summed E-state index contributed by atoms with van der Waals surface area (Å²) >= 11 is 0. The minimum atomic E-state index is -3.77. The maximum absolute atomic E-state index is 12.0. The summed E-state index contributed by atoms with van der Waals surface area (Å²) in [6.07, 6.45) is 0. The molecule has 0 saturated carbocycles. The highest BCUT2D eigenvalue weighted by Gasteiger charge is 2.26. The Kier molecular flexibility index (Phi) is 4.31. The summed E-state index contributed by atoms with van der Waals surface area (Å²) in [6.45, 7) is 3.42. The van der Waals surface area contributed by atoms with Crippen molar-refractivity contribution < 1.29 is 13.2 Å². The molecule has 0 saturated heterocycles. The van der Waals surface area contributed by atoms with Gasteiger partial charge in [-0.25, -0.2) is 8.42 Å². The first-order valence-electron chi connectivity index (χ1n) is 5.41. The smallest absolute Gasteiger partial charge is 0.241 e. The van der Waals surface area contributed by atoms with Crippen LogP contribution in [0.4, 0.5) is 5.69 Å². The van der Waals surface area contributed by atoms with E-state index >= 15 is 0 Å². The number of hydrogen-bond acceptors (Lipinski definition) is 4. The first-order valence-corrected chi connectivity index (χ1v) is 6.89. The van der Waals surface area contributed by atoms with Crippen LogP contribution >= 0.6 is 0 Å². The average Bonchev–Trinajstić information content (AvgIpc) is 2.26. The summed E-state index contributed by atoms with van der Waals surface area (Å²) in [6, 6.07) is 4.76. The van der Waals surface area contributed by atoms with Crippen LogP contribution < -0.4 is 16.2 Å². The molecule has 0 bridgehead atoms. The number of sulfonamides is 1. The number of nitrogen functional groups attached to an aromatic ring is 1. The van der Waals surface area contributed by atoms with Gasteiger partial charge in [0, 0.05) is 5.69 Å². The van der Waals surface area contributed by atoms with Crippen molar-refractivity contribution in [2.24, 2.45) is 11.7 Å². The Hall–Kier alpha value is -1.60. The zero-order chi connectivity index (χ0) is 13.9. The zero-order valence-corrected chi connectivity index (χ0v) is 11.1. The van der Waals surface area contributed by atoms with Crippen molar-refractivity contribution in [3.63, 3.8) is 0 Å². The van der Waals surface area contributed by atoms with E-state index in [-0.39, 0.29) is 10.8 Å². The van der Waals surface area contributed by atoms with Crippen LogP contribution in [0.3, 0.4) is 0 Å². The van der Waals surface area contributed by atoms with Gasteiger partial charge in [0.25, 0.3) is 0 Å². The van der Waals surface area contributed by atoms with Crippen molar-refractivity contribution in [3.8, 4) is 0 Å². The first kappa shape index (κ1) is 14.5. The number of anilines is 1. The Bertz CT molecular complexity index is 523. The fourth-order valence-corrected chi connectivity index (χ4v) is 2.76. The molecule has 0 aromatic heterocycles. The molecule has 1 unspecified atom stereocenters. The molecule has 18 heavy (non-hydrogen) atoms. The van der Waals surface area contributed by atoms with E-state index in [1.54, 1.807) is 13.8 Å². The van der Waals surface area contributed by atoms with Crippen LogP contribution in [0.2, 0.25) is 0 Å². The Labute approximate surface area is 106 Å². The highest BCUT2D eigenvalue weighted by molar-refractivity contribution is 7.89. The summed E-state index contributed by atoms with van der Waals surface area (Å²) in [7, 11) is -3.77. The molecular formula is C11H17N3O3S. The Morgan fingerprint density at radius 1 is 1.22 bits per heavy atom. The highest BCUT2D eigenvalue weighted by atomic mass is 32.2. The second-order valence-corrected chi connectivity index (χ2v) is 6.03. The fourth-order valence-electron chi connectivity index (χ4n) is 1.40. The molecule has 0 aliphatic rings. The lowest BCUT2D eigenvalue weighted by atomic mass is 10.1. The van der Waals surface area contributed by atoms with Crippen molar-refractivity contribution in [3.05, 3.63) is 24.3 Å². The Balaban J connectivity index is 3.01. The van der Waals surface area contributed by atoms with Crippen LogP contribution in [0.5, 0.6) is 0 Å². The number of primary amides is 1. The second kappa shape index (κ2) is 5.36. The molecule has 0 fully saturated rings. The van der Waals surface area contributed by atoms with Crippen LogP contribution in [-0.2, 0) is 14.8 Å². The van der Waals surface area contributed by atoms with Crippen molar-refractivity contribution in [2.75, 3.05) is 5.73 Å². The van der Waals surface area contributed by atoms with Gasteiger partial charge in [-0.2, -0.15) is 4.72 Å². The quantitative estimate of drug-likeness (QED) is 0.656. The third-order valence-corrected chi connectivity index (χ3v) is 3.90. The number of nitrogens with one attached hydrogen (secondary N) is 1. The summed E-state index contributed by atoms with van der Waals surface area (Å²) in [5, 5.41) is 0. The SMILES string of the molecule is CC(C)C(NS(=O)(=O)c1ccc(N)cc1)C(N)=O. The molecule has 1 atom stereocenters. The van der Waals surface area contributed by atoms with Crippen molar-refractivity contribution in [2.45, 2.75) is 24.8 Å². The molecule has 0 spiro atoms. The van der Waals surface area contributed by atoms with E-state index in [0.717, 1.165) is 0 Å². The fraction of sp³-hybridized carbons (Fsp3) is 0.364. The predicted octanol–water partition coefficient (Wildman–Crippen LogP) is 0.0570. The number of amides is 1. The Morgan fingerprint density at radius 3 is 2.11 bits per heavy atom. The third-order valence-electron chi connectivity index (χ3n) is 2.45. The van der Waals surface area contributed by atoms with Crippen molar-refractivity contribution in [1.82, 2.24) is 4.72 Å². The lowest BCUT2D eigenvalue weighted by molar-refractivity contribution is -0.120. The standard InChI is InChI=1S/C11H17N3O3S/c1-7(2)10(11(13)15)14-18(16,17)9-5-3-8(12)4-6-9/h3-7,10,14H,12H2,1-2H3,(H2,13,15). The van der Waals surface area contributed by atoms with Gasteiger partial charge in [-0.3, -0.25) is 4.79 Å². The molecule has 100 valence electrons. The summed E-state index contributed by atoms with van der Waals surface area (Å²) in [5.74, 6) is -0.935. The van der Waals surface area contributed by atoms with Gasteiger partial charge in [0.15, 0.2) is 0 Å². The minimum absolute atomic E-state index is 0.0450. The lowest BCUT2D eigenvalue weighted by Crippen LogP contribution is -2.47. The van der Waals surface area contributed by atoms with Crippen LogP contribution in [0, 0.1) is 5.92 Å². The van der Waals surface area contributed by atoms with Crippen LogP contribution in [0.1, 0.15) is 13.8 Å². The van der Waals surface area contributed by atoms with E-state index < -0.39 is 22.0 Å². The van der Waals surface area contributed by atoms with E-state index in [9.17, 15) is 13.2 Å². The number of benzene rings is 1. The van der Waals surface area contributed by atoms with Gasteiger partial charge >= 0.3 is 0 Å². The number of hydrogen-bond donors (Lipinski definition) is 3. The van der Waals surface area contributed by atoms with Gasteiger partial charge in [-0.1, -0.05) is 13.8 Å². The zero-order valence-electron chi connectivity index (χ0n) is 10.3. The monoisotopic (exact) mass is 271 g/mol. The van der Waals surface area contributed by atoms with E-state index in [4.69, 9.17) is 11.5 Å². The first-order chi connectivity index (χ1) is 8.24. The van der Waals surface area contributed by atoms with Gasteiger partial charge in [0.2, 0.25) is 15.9 Å². The van der Waals surface area contributed by atoms with Crippen LogP contribution in [0.25, 0.3) is 0 Å². The molecule has 1 rings (SSSR count). The summed E-state index contributed by atoms with van der Waals surface area (Å²) in [5.41, 5.74) is 11.1. The minimum Gasteiger partial charge on any atom is -0.399 e. The van der Waals surface area contributed by atoms with Gasteiger partial charge < -0.3 is 11.5 Å². The van der Waals surface area contributed by atoms with Gasteiger partial charge in [-0.15, -0.1) is 0 Å². The van der Waals surface area contributed by atoms with Gasteiger partial charge in [-0.05, 0) is 30.2 Å². The molecule has 0 heterocycles. The Morgan fingerprint density at radius 2 is 1.72 bits per heavy atom. The molecular weight excluding hydrogens is 254 g/mol. The molecule has 0 radical (unpaired) electrons. The topological polar surface area (TPSA) is 115 Å². The van der Waals surface area contributed by atoms with Crippen molar-refractivity contribution >= 4 is 21.6 Å². The molecule has 0 aliphatic heterocycles. The second-order valence-electron chi connectivity index (χ2n) is 4.31. The summed E-state index contributed by atoms with van der Waals surface area (Å²) in [4.78, 5) is 11.2. The van der Waals surface area contributed by atoms with E-state index in [2.05, 4.69) is 4.72 Å². The van der Waals surface area contributed by atoms with Gasteiger partial charge in [0.1, 0.15) is 6.04 Å². The summed E-state index contributed by atoms with van der Waals surface area (Å²) < 4.78 is 26.3. The molecule has 0 aliphatic carbocycles. The number of carbonyl (C=O) groups excluding carboxylic acids is 1. The van der Waals surface area contributed by atoms with Crippen LogP contribution in [0.15, 0.2) is 29.2 Å². The maximum atomic E-state index is 12.0. The normalized spacial score (nSPS) is 13.5. The molecule has 1 aromatic carbocycles. The number of nitrogens with two attached hydrogens (primary N) is 2. The molecule has 1 aromatic rings. The maximum Gasteiger partial charge on any atom is 0.241 e. The highest BCUT2D eigenvalue weighted by Crippen LogP contribution is 2.13. The molecule has 7 heteroatoms. The molecule has 6 nitrogen and oxygen atoms in total. The average molecular weight is 271 g/mol. The van der Waals surface area contributed by atoms with Crippen LogP contribution in [-0.4, -0.2) is 20.4 Å². The third kappa shape index (κ3) is 3.44. The van der Waals surface area contributed by atoms with Gasteiger partial charge in [0.05, 0.1) is 4.90 Å². The van der Waals surface area contributed by atoms with E-state index in [1.807, 2.05) is 0 Å². The predicted molar refractivity (Wildman–Crippen MR) is 69.0 cm³/mol. The van der Waals surface area contributed by atoms with Crippen molar-refractivity contribution in [1.29, 1.82) is 0 Å². The van der Waals surface area contributed by atoms with E-state index in [1.165, 1.54) is 24.3 Å². The van der Waals surface area contributed by atoms with E-state index in [0.29, 0.717) is 5.69 Å². The number of carbonyl (C=O) groups is 1.